The van der Waals surface area contributed by atoms with E-state index in [1.165, 1.54) is 19.3 Å². The summed E-state index contributed by atoms with van der Waals surface area (Å²) < 4.78 is 22.1. The monoisotopic (exact) mass is 220 g/mol. The summed E-state index contributed by atoms with van der Waals surface area (Å²) in [5, 5.41) is 0. The van der Waals surface area contributed by atoms with Crippen LogP contribution in [0.1, 0.15) is 26.2 Å². The summed E-state index contributed by atoms with van der Waals surface area (Å²) in [6.45, 7) is 2.17. The number of sulfone groups is 1. The maximum atomic E-state index is 11.1. The van der Waals surface area contributed by atoms with Gasteiger partial charge in [-0.15, -0.1) is 11.8 Å². The normalized spacial score (nSPS) is 20.2. The Kier molecular flexibility index (Phi) is 4.32. The summed E-state index contributed by atoms with van der Waals surface area (Å²) in [5.74, 6) is 1.60. The molecule has 0 saturated carbocycles. The van der Waals surface area contributed by atoms with Gasteiger partial charge in [0.15, 0.2) is 9.84 Å². The van der Waals surface area contributed by atoms with Crippen LogP contribution in [0.2, 0.25) is 0 Å². The first-order valence-corrected chi connectivity index (χ1v) is 7.47. The first kappa shape index (κ1) is 11.1. The van der Waals surface area contributed by atoms with Crippen molar-refractivity contribution in [1.82, 2.24) is 0 Å². The lowest BCUT2D eigenvalue weighted by Gasteiger charge is -1.99. The fraction of sp³-hybridized carbons (Fsp3) is 0.778. The van der Waals surface area contributed by atoms with Gasteiger partial charge in [-0.05, 0) is 17.1 Å². The first-order chi connectivity index (χ1) is 6.14. The smallest absolute Gasteiger partial charge is 0.158 e. The Labute approximate surface area is 84.7 Å². The molecule has 0 spiro atoms. The second-order valence-electron chi connectivity index (χ2n) is 3.28. The molecule has 0 saturated heterocycles. The van der Waals surface area contributed by atoms with Crippen molar-refractivity contribution in [3.63, 3.8) is 0 Å². The van der Waals surface area contributed by atoms with Crippen molar-refractivity contribution in [2.75, 3.05) is 17.3 Å². The minimum atomic E-state index is -2.75. The van der Waals surface area contributed by atoms with Gasteiger partial charge in [-0.25, -0.2) is 8.42 Å². The van der Waals surface area contributed by atoms with Crippen LogP contribution in [-0.4, -0.2) is 25.7 Å². The SMILES string of the molecule is CCCCCSC1=CCS(=O)(=O)C1. The second kappa shape index (κ2) is 5.05. The van der Waals surface area contributed by atoms with Crippen molar-refractivity contribution in [2.45, 2.75) is 26.2 Å². The summed E-state index contributed by atoms with van der Waals surface area (Å²) >= 11 is 1.71. The molecule has 0 aromatic heterocycles. The van der Waals surface area contributed by atoms with Crippen LogP contribution in [0, 0.1) is 0 Å². The van der Waals surface area contributed by atoms with E-state index in [0.717, 1.165) is 10.7 Å². The molecular formula is C9H16O2S2. The number of thioether (sulfide) groups is 1. The Morgan fingerprint density at radius 3 is 2.77 bits per heavy atom. The number of hydrogen-bond acceptors (Lipinski definition) is 3. The van der Waals surface area contributed by atoms with E-state index in [2.05, 4.69) is 6.92 Å². The molecule has 1 heterocycles. The molecule has 0 radical (unpaired) electrons. The van der Waals surface area contributed by atoms with Gasteiger partial charge in [0.25, 0.3) is 0 Å². The van der Waals surface area contributed by atoms with Crippen LogP contribution in [0.3, 0.4) is 0 Å². The zero-order valence-electron chi connectivity index (χ0n) is 7.95. The van der Waals surface area contributed by atoms with Gasteiger partial charge in [-0.1, -0.05) is 25.8 Å². The summed E-state index contributed by atoms with van der Waals surface area (Å²) in [6, 6.07) is 0. The maximum absolute atomic E-state index is 11.1. The van der Waals surface area contributed by atoms with Gasteiger partial charge in [-0.3, -0.25) is 0 Å². The molecule has 4 heteroatoms. The quantitative estimate of drug-likeness (QED) is 0.666. The molecule has 0 unspecified atom stereocenters. The van der Waals surface area contributed by atoms with Crippen molar-refractivity contribution in [3.8, 4) is 0 Å². The maximum Gasteiger partial charge on any atom is 0.158 e. The van der Waals surface area contributed by atoms with Crippen molar-refractivity contribution < 1.29 is 8.42 Å². The highest BCUT2D eigenvalue weighted by Crippen LogP contribution is 2.24. The van der Waals surface area contributed by atoms with Gasteiger partial charge in [0.2, 0.25) is 0 Å². The predicted molar refractivity (Wildman–Crippen MR) is 58.7 cm³/mol. The summed E-state index contributed by atoms with van der Waals surface area (Å²) in [7, 11) is -2.75. The van der Waals surface area contributed by atoms with E-state index in [4.69, 9.17) is 0 Å². The fourth-order valence-electron chi connectivity index (χ4n) is 1.21. The number of unbranched alkanes of at least 4 members (excludes halogenated alkanes) is 2. The Bertz CT molecular complexity index is 278. The summed E-state index contributed by atoms with van der Waals surface area (Å²) in [6.07, 6.45) is 5.51. The van der Waals surface area contributed by atoms with Crippen molar-refractivity contribution in [2.24, 2.45) is 0 Å². The lowest BCUT2D eigenvalue weighted by molar-refractivity contribution is 0.603. The highest BCUT2D eigenvalue weighted by molar-refractivity contribution is 8.04. The molecule has 76 valence electrons. The molecule has 1 rings (SSSR count). The van der Waals surface area contributed by atoms with Crippen LogP contribution in [-0.2, 0) is 9.84 Å². The van der Waals surface area contributed by atoms with Gasteiger partial charge in [0.1, 0.15) is 0 Å². The van der Waals surface area contributed by atoms with Gasteiger partial charge in [0.05, 0.1) is 11.5 Å². The molecule has 0 amide bonds. The van der Waals surface area contributed by atoms with E-state index in [1.807, 2.05) is 6.08 Å². The Morgan fingerprint density at radius 2 is 2.23 bits per heavy atom. The molecule has 0 aromatic rings. The van der Waals surface area contributed by atoms with Crippen LogP contribution >= 0.6 is 11.8 Å². The first-order valence-electron chi connectivity index (χ1n) is 4.66. The molecule has 0 N–H and O–H groups in total. The zero-order valence-corrected chi connectivity index (χ0v) is 9.59. The van der Waals surface area contributed by atoms with E-state index in [1.54, 1.807) is 11.8 Å². The van der Waals surface area contributed by atoms with Crippen molar-refractivity contribution >= 4 is 21.6 Å². The third-order valence-corrected chi connectivity index (χ3v) is 4.75. The third kappa shape index (κ3) is 4.18. The van der Waals surface area contributed by atoms with E-state index >= 15 is 0 Å². The van der Waals surface area contributed by atoms with Crippen molar-refractivity contribution in [3.05, 3.63) is 11.0 Å². The number of hydrogen-bond donors (Lipinski definition) is 0. The molecule has 0 aliphatic carbocycles. The second-order valence-corrected chi connectivity index (χ2v) is 6.61. The van der Waals surface area contributed by atoms with Crippen LogP contribution in [0.25, 0.3) is 0 Å². The van der Waals surface area contributed by atoms with Crippen LogP contribution < -0.4 is 0 Å². The van der Waals surface area contributed by atoms with E-state index < -0.39 is 9.84 Å². The van der Waals surface area contributed by atoms with Crippen LogP contribution in [0.5, 0.6) is 0 Å². The molecular weight excluding hydrogens is 204 g/mol. The van der Waals surface area contributed by atoms with E-state index in [9.17, 15) is 8.42 Å². The topological polar surface area (TPSA) is 34.1 Å². The Morgan fingerprint density at radius 1 is 1.46 bits per heavy atom. The van der Waals surface area contributed by atoms with E-state index in [0.29, 0.717) is 0 Å². The molecule has 2 nitrogen and oxygen atoms in total. The predicted octanol–water partition coefficient (Wildman–Crippen LogP) is 2.22. The van der Waals surface area contributed by atoms with Gasteiger partial charge >= 0.3 is 0 Å². The average molecular weight is 220 g/mol. The average Bonchev–Trinajstić information content (AvgIpc) is 2.40. The number of rotatable bonds is 5. The Hall–Kier alpha value is 0.0400. The lowest BCUT2D eigenvalue weighted by Crippen LogP contribution is -2.01. The standard InChI is InChI=1S/C9H16O2S2/c1-2-3-4-6-12-9-5-7-13(10,11)8-9/h5H,2-4,6-8H2,1H3. The molecule has 0 atom stereocenters. The highest BCUT2D eigenvalue weighted by atomic mass is 32.2. The minimum Gasteiger partial charge on any atom is -0.228 e. The molecule has 0 bridgehead atoms. The molecule has 0 fully saturated rings. The fourth-order valence-corrected chi connectivity index (χ4v) is 4.12. The molecule has 13 heavy (non-hydrogen) atoms. The van der Waals surface area contributed by atoms with Gasteiger partial charge < -0.3 is 0 Å². The van der Waals surface area contributed by atoms with Gasteiger partial charge in [-0.2, -0.15) is 0 Å². The van der Waals surface area contributed by atoms with Crippen LogP contribution in [0.15, 0.2) is 11.0 Å². The van der Waals surface area contributed by atoms with E-state index in [-0.39, 0.29) is 11.5 Å². The van der Waals surface area contributed by atoms with Gasteiger partial charge in [0, 0.05) is 0 Å². The van der Waals surface area contributed by atoms with Crippen LogP contribution in [0.4, 0.5) is 0 Å². The summed E-state index contributed by atoms with van der Waals surface area (Å²) in [5.41, 5.74) is 0. The summed E-state index contributed by atoms with van der Waals surface area (Å²) in [4.78, 5) is 1.05. The Balaban J connectivity index is 2.18. The largest absolute Gasteiger partial charge is 0.228 e. The molecule has 1 aliphatic rings. The minimum absolute atomic E-state index is 0.253. The lowest BCUT2D eigenvalue weighted by atomic mass is 10.3. The molecule has 0 aromatic carbocycles. The highest BCUT2D eigenvalue weighted by Gasteiger charge is 2.19. The zero-order chi connectivity index (χ0) is 9.73. The van der Waals surface area contributed by atoms with Crippen molar-refractivity contribution in [1.29, 1.82) is 0 Å². The third-order valence-electron chi connectivity index (χ3n) is 1.96. The molecule has 1 aliphatic heterocycles.